The van der Waals surface area contributed by atoms with Crippen molar-refractivity contribution >= 4 is 24.2 Å². The van der Waals surface area contributed by atoms with Crippen LogP contribution in [-0.4, -0.2) is 36.3 Å². The molecule has 5 nitrogen and oxygen atoms in total. The largest absolute Gasteiger partial charge is 0.354 e. The number of likely N-dealkylation sites (tertiary alicyclic amines) is 1. The summed E-state index contributed by atoms with van der Waals surface area (Å²) in [5.74, 6) is 0.443. The zero-order valence-electron chi connectivity index (χ0n) is 17.8. The number of nitrogens with zero attached hydrogens (tertiary/aromatic N) is 1. The number of nitrogens with two attached hydrogens (primary N) is 1. The quantitative estimate of drug-likeness (QED) is 0.779. The molecule has 0 spiro atoms. The fraction of sp³-hybridized carbons (Fsp3) is 0.636. The molecule has 3 N–H and O–H groups in total. The molecule has 2 atom stereocenters. The van der Waals surface area contributed by atoms with E-state index >= 15 is 0 Å². The highest BCUT2D eigenvalue weighted by molar-refractivity contribution is 5.85. The van der Waals surface area contributed by atoms with E-state index in [4.69, 9.17) is 5.73 Å². The van der Waals surface area contributed by atoms with Crippen LogP contribution in [0.3, 0.4) is 0 Å². The van der Waals surface area contributed by atoms with Gasteiger partial charge in [-0.05, 0) is 29.9 Å². The Morgan fingerprint density at radius 2 is 1.75 bits per heavy atom. The smallest absolute Gasteiger partial charge is 0.227 e. The second-order valence-corrected chi connectivity index (χ2v) is 9.01. The van der Waals surface area contributed by atoms with E-state index in [0.29, 0.717) is 19.0 Å². The van der Waals surface area contributed by atoms with Crippen LogP contribution in [0.15, 0.2) is 24.3 Å². The first kappa shape index (κ1) is 24.4. The van der Waals surface area contributed by atoms with E-state index in [1.807, 2.05) is 37.8 Å². The predicted octanol–water partition coefficient (Wildman–Crippen LogP) is 3.63. The molecule has 0 aromatic heterocycles. The standard InChI is InChI=1S/C22H35N3O2.ClH/c1-15(2)16-8-10-17(11-9-16)19(23)13-24-20(26)18-7-6-12-25(14-18)21(27)22(3,4)5;/h8-11,15,18-19H,6-7,12-14,23H2,1-5H3,(H,24,26);1H. The number of amides is 2. The fourth-order valence-corrected chi connectivity index (χ4v) is 3.45. The summed E-state index contributed by atoms with van der Waals surface area (Å²) in [6.45, 7) is 11.7. The molecule has 0 aliphatic carbocycles. The Kier molecular flexibility index (Phi) is 8.96. The molecular formula is C22H36ClN3O2. The van der Waals surface area contributed by atoms with Crippen molar-refractivity contribution in [1.29, 1.82) is 0 Å². The van der Waals surface area contributed by atoms with Crippen molar-refractivity contribution in [2.75, 3.05) is 19.6 Å². The van der Waals surface area contributed by atoms with Crippen LogP contribution in [0, 0.1) is 11.3 Å². The van der Waals surface area contributed by atoms with E-state index in [9.17, 15) is 9.59 Å². The van der Waals surface area contributed by atoms with Gasteiger partial charge < -0.3 is 16.0 Å². The van der Waals surface area contributed by atoms with Gasteiger partial charge in [-0.2, -0.15) is 0 Å². The zero-order valence-corrected chi connectivity index (χ0v) is 18.6. The minimum absolute atomic E-state index is 0. The van der Waals surface area contributed by atoms with Gasteiger partial charge in [0.2, 0.25) is 11.8 Å². The number of benzene rings is 1. The second kappa shape index (κ2) is 10.3. The summed E-state index contributed by atoms with van der Waals surface area (Å²) in [4.78, 5) is 26.9. The van der Waals surface area contributed by atoms with Gasteiger partial charge >= 0.3 is 0 Å². The van der Waals surface area contributed by atoms with Crippen LogP contribution in [0.4, 0.5) is 0 Å². The normalized spacial score (nSPS) is 18.4. The summed E-state index contributed by atoms with van der Waals surface area (Å²) in [6, 6.07) is 8.04. The molecule has 1 aliphatic heterocycles. The van der Waals surface area contributed by atoms with Gasteiger partial charge in [-0.15, -0.1) is 12.4 Å². The van der Waals surface area contributed by atoms with Gasteiger partial charge in [0.25, 0.3) is 0 Å². The zero-order chi connectivity index (χ0) is 20.2. The van der Waals surface area contributed by atoms with E-state index in [-0.39, 0.29) is 36.2 Å². The number of hydrogen-bond acceptors (Lipinski definition) is 3. The number of nitrogens with one attached hydrogen (secondary N) is 1. The fourth-order valence-electron chi connectivity index (χ4n) is 3.45. The molecule has 0 radical (unpaired) electrons. The Morgan fingerprint density at radius 3 is 2.29 bits per heavy atom. The average Bonchev–Trinajstić information content (AvgIpc) is 2.64. The van der Waals surface area contributed by atoms with Gasteiger partial charge in [-0.1, -0.05) is 58.9 Å². The number of piperidine rings is 1. The van der Waals surface area contributed by atoms with Crippen molar-refractivity contribution in [2.45, 2.75) is 59.4 Å². The predicted molar refractivity (Wildman–Crippen MR) is 116 cm³/mol. The summed E-state index contributed by atoms with van der Waals surface area (Å²) in [5, 5.41) is 2.98. The van der Waals surface area contributed by atoms with Crippen LogP contribution in [0.25, 0.3) is 0 Å². The summed E-state index contributed by atoms with van der Waals surface area (Å²) < 4.78 is 0. The molecule has 2 rings (SSSR count). The minimum atomic E-state index is -0.414. The first-order valence-electron chi connectivity index (χ1n) is 10.0. The number of rotatable bonds is 5. The Hall–Kier alpha value is -1.59. The van der Waals surface area contributed by atoms with Gasteiger partial charge in [0.05, 0.1) is 5.92 Å². The van der Waals surface area contributed by atoms with Gasteiger partial charge in [-0.3, -0.25) is 9.59 Å². The first-order chi connectivity index (χ1) is 12.6. The number of hydrogen-bond donors (Lipinski definition) is 2. The SMILES string of the molecule is CC(C)c1ccc(C(N)CNC(=O)C2CCCN(C(=O)C(C)(C)C)C2)cc1.Cl. The molecule has 1 aromatic rings. The Morgan fingerprint density at radius 1 is 1.18 bits per heavy atom. The van der Waals surface area contributed by atoms with Crippen molar-refractivity contribution in [3.63, 3.8) is 0 Å². The van der Waals surface area contributed by atoms with Crippen LogP contribution in [0.1, 0.15) is 70.5 Å². The molecule has 1 saturated heterocycles. The highest BCUT2D eigenvalue weighted by atomic mass is 35.5. The van der Waals surface area contributed by atoms with E-state index in [2.05, 4.69) is 31.3 Å². The van der Waals surface area contributed by atoms with Crippen molar-refractivity contribution in [2.24, 2.45) is 17.1 Å². The Bertz CT molecular complexity index is 653. The van der Waals surface area contributed by atoms with Gasteiger partial charge in [-0.25, -0.2) is 0 Å². The third-order valence-electron chi connectivity index (χ3n) is 5.25. The lowest BCUT2D eigenvalue weighted by Gasteiger charge is -2.36. The van der Waals surface area contributed by atoms with Crippen molar-refractivity contribution < 1.29 is 9.59 Å². The van der Waals surface area contributed by atoms with E-state index in [0.717, 1.165) is 24.9 Å². The van der Waals surface area contributed by atoms with E-state index in [1.165, 1.54) is 5.56 Å². The minimum Gasteiger partial charge on any atom is -0.354 e. The highest BCUT2D eigenvalue weighted by Crippen LogP contribution is 2.24. The molecule has 0 bridgehead atoms. The molecule has 2 amide bonds. The molecule has 158 valence electrons. The van der Waals surface area contributed by atoms with Gasteiger partial charge in [0.15, 0.2) is 0 Å². The topological polar surface area (TPSA) is 75.4 Å². The lowest BCUT2D eigenvalue weighted by molar-refractivity contribution is -0.142. The number of carbonyl (C=O) groups is 2. The van der Waals surface area contributed by atoms with E-state index in [1.54, 1.807) is 0 Å². The van der Waals surface area contributed by atoms with Crippen LogP contribution < -0.4 is 11.1 Å². The molecule has 1 aliphatic rings. The Balaban J connectivity index is 0.00000392. The molecule has 1 aromatic carbocycles. The van der Waals surface area contributed by atoms with Gasteiger partial charge in [0, 0.05) is 31.1 Å². The summed E-state index contributed by atoms with van der Waals surface area (Å²) in [7, 11) is 0. The number of halogens is 1. The van der Waals surface area contributed by atoms with E-state index < -0.39 is 5.41 Å². The van der Waals surface area contributed by atoms with Gasteiger partial charge in [0.1, 0.15) is 0 Å². The summed E-state index contributed by atoms with van der Waals surface area (Å²) in [6.07, 6.45) is 1.68. The van der Waals surface area contributed by atoms with Crippen LogP contribution in [0.2, 0.25) is 0 Å². The molecule has 6 heteroatoms. The lowest BCUT2D eigenvalue weighted by atomic mass is 9.91. The van der Waals surface area contributed by atoms with Crippen LogP contribution >= 0.6 is 12.4 Å². The van der Waals surface area contributed by atoms with Crippen molar-refractivity contribution in [3.05, 3.63) is 35.4 Å². The maximum absolute atomic E-state index is 12.6. The summed E-state index contributed by atoms with van der Waals surface area (Å²) >= 11 is 0. The molecular weight excluding hydrogens is 374 g/mol. The molecule has 28 heavy (non-hydrogen) atoms. The summed E-state index contributed by atoms with van der Waals surface area (Å²) in [5.41, 5.74) is 8.14. The molecule has 1 heterocycles. The lowest BCUT2D eigenvalue weighted by Crippen LogP contribution is -2.49. The molecule has 0 saturated carbocycles. The van der Waals surface area contributed by atoms with Crippen molar-refractivity contribution in [1.82, 2.24) is 10.2 Å². The second-order valence-electron chi connectivity index (χ2n) is 9.01. The first-order valence-corrected chi connectivity index (χ1v) is 10.0. The molecule has 1 fully saturated rings. The third kappa shape index (κ3) is 6.49. The third-order valence-corrected chi connectivity index (χ3v) is 5.25. The average molecular weight is 410 g/mol. The monoisotopic (exact) mass is 409 g/mol. The maximum Gasteiger partial charge on any atom is 0.227 e. The number of carbonyl (C=O) groups excluding carboxylic acids is 2. The van der Waals surface area contributed by atoms with Crippen molar-refractivity contribution in [3.8, 4) is 0 Å². The highest BCUT2D eigenvalue weighted by Gasteiger charge is 2.33. The maximum atomic E-state index is 12.6. The van der Waals surface area contributed by atoms with Crippen LogP contribution in [0.5, 0.6) is 0 Å². The Labute approximate surface area is 175 Å². The molecule has 2 unspecified atom stereocenters. The van der Waals surface area contributed by atoms with Crippen LogP contribution in [-0.2, 0) is 9.59 Å².